The van der Waals surface area contributed by atoms with Crippen LogP contribution in [-0.2, 0) is 11.3 Å². The molecule has 1 heterocycles. The summed E-state index contributed by atoms with van der Waals surface area (Å²) in [6.45, 7) is 4.30. The molecular weight excluding hydrogens is 457 g/mol. The van der Waals surface area contributed by atoms with Crippen molar-refractivity contribution in [3.63, 3.8) is 0 Å². The molecule has 3 rings (SSSR count). The van der Waals surface area contributed by atoms with Gasteiger partial charge in [-0.1, -0.05) is 36.9 Å². The van der Waals surface area contributed by atoms with Crippen molar-refractivity contribution in [2.75, 3.05) is 7.11 Å². The first-order chi connectivity index (χ1) is 13.0. The SMILES string of the molecule is C=C1NC(=O)N[C@H](c2cc(I)ccc2OC)[C@H]1C(=O)NCc1ccccc1. The van der Waals surface area contributed by atoms with E-state index < -0.39 is 18.0 Å². The summed E-state index contributed by atoms with van der Waals surface area (Å²) in [6, 6.07) is 14.3. The standard InChI is InChI=1S/C20H20IN3O3/c1-12-17(19(25)22-11-13-6-4-3-5-7-13)18(24-20(26)23-12)15-10-14(21)8-9-16(15)27-2/h3-10,17-18H,1,11H2,2H3,(H,22,25)(H2,23,24,26)/t17-,18+/m0/s1. The highest BCUT2D eigenvalue weighted by molar-refractivity contribution is 14.1. The Kier molecular flexibility index (Phi) is 6.00. The van der Waals surface area contributed by atoms with Gasteiger partial charge >= 0.3 is 6.03 Å². The zero-order valence-electron chi connectivity index (χ0n) is 14.8. The molecule has 0 spiro atoms. The lowest BCUT2D eigenvalue weighted by atomic mass is 9.87. The third kappa shape index (κ3) is 4.41. The maximum atomic E-state index is 13.0. The van der Waals surface area contributed by atoms with Crippen LogP contribution in [0.1, 0.15) is 17.2 Å². The van der Waals surface area contributed by atoms with Gasteiger partial charge in [-0.15, -0.1) is 0 Å². The highest BCUT2D eigenvalue weighted by Gasteiger charge is 2.39. The Morgan fingerprint density at radius 2 is 2.00 bits per heavy atom. The van der Waals surface area contributed by atoms with Gasteiger partial charge in [-0.25, -0.2) is 4.79 Å². The molecule has 1 aliphatic rings. The minimum Gasteiger partial charge on any atom is -0.496 e. The first-order valence-electron chi connectivity index (χ1n) is 8.41. The summed E-state index contributed by atoms with van der Waals surface area (Å²) < 4.78 is 6.42. The van der Waals surface area contributed by atoms with Crippen molar-refractivity contribution in [2.24, 2.45) is 5.92 Å². The summed E-state index contributed by atoms with van der Waals surface area (Å²) in [6.07, 6.45) is 0. The molecule has 0 aliphatic carbocycles. The summed E-state index contributed by atoms with van der Waals surface area (Å²) in [4.78, 5) is 25.0. The third-order valence-corrected chi connectivity index (χ3v) is 5.06. The van der Waals surface area contributed by atoms with E-state index in [2.05, 4.69) is 45.1 Å². The van der Waals surface area contributed by atoms with Crippen LogP contribution in [0.4, 0.5) is 4.79 Å². The number of nitrogens with one attached hydrogen (secondary N) is 3. The number of ether oxygens (including phenoxy) is 1. The van der Waals surface area contributed by atoms with Crippen molar-refractivity contribution in [3.05, 3.63) is 75.5 Å². The highest BCUT2D eigenvalue weighted by Crippen LogP contribution is 2.35. The number of methoxy groups -OCH3 is 1. The zero-order valence-corrected chi connectivity index (χ0v) is 16.9. The van der Waals surface area contributed by atoms with E-state index in [9.17, 15) is 9.59 Å². The number of amides is 3. The van der Waals surface area contributed by atoms with Gasteiger partial charge in [0, 0.05) is 21.4 Å². The van der Waals surface area contributed by atoms with Crippen LogP contribution < -0.4 is 20.7 Å². The van der Waals surface area contributed by atoms with Crippen LogP contribution in [-0.4, -0.2) is 19.0 Å². The first-order valence-corrected chi connectivity index (χ1v) is 9.49. The van der Waals surface area contributed by atoms with Crippen LogP contribution in [0.15, 0.2) is 60.8 Å². The average molecular weight is 477 g/mol. The summed E-state index contributed by atoms with van der Waals surface area (Å²) in [5.74, 6) is -0.281. The molecule has 1 saturated heterocycles. The van der Waals surface area contributed by atoms with Gasteiger partial charge in [0.05, 0.1) is 13.2 Å². The zero-order chi connectivity index (χ0) is 19.4. The van der Waals surface area contributed by atoms with E-state index in [1.54, 1.807) is 7.11 Å². The van der Waals surface area contributed by atoms with Gasteiger partial charge in [0.25, 0.3) is 0 Å². The fourth-order valence-corrected chi connectivity index (χ4v) is 3.61. The van der Waals surface area contributed by atoms with E-state index in [1.807, 2.05) is 48.5 Å². The monoisotopic (exact) mass is 477 g/mol. The van der Waals surface area contributed by atoms with Crippen molar-refractivity contribution in [3.8, 4) is 5.75 Å². The van der Waals surface area contributed by atoms with Crippen molar-refractivity contribution in [1.29, 1.82) is 0 Å². The number of rotatable bonds is 5. The quantitative estimate of drug-likeness (QED) is 0.580. The molecule has 0 bridgehead atoms. The summed E-state index contributed by atoms with van der Waals surface area (Å²) in [5, 5.41) is 8.38. The van der Waals surface area contributed by atoms with Crippen LogP contribution >= 0.6 is 22.6 Å². The van der Waals surface area contributed by atoms with Gasteiger partial charge in [-0.2, -0.15) is 0 Å². The van der Waals surface area contributed by atoms with E-state index in [0.29, 0.717) is 18.0 Å². The van der Waals surface area contributed by atoms with Crippen molar-refractivity contribution < 1.29 is 14.3 Å². The van der Waals surface area contributed by atoms with Crippen LogP contribution in [0.25, 0.3) is 0 Å². The van der Waals surface area contributed by atoms with E-state index in [1.165, 1.54) is 0 Å². The van der Waals surface area contributed by atoms with Crippen LogP contribution in [0.5, 0.6) is 5.75 Å². The molecule has 1 fully saturated rings. The molecule has 0 aromatic heterocycles. The fraction of sp³-hybridized carbons (Fsp3) is 0.200. The van der Waals surface area contributed by atoms with Crippen LogP contribution in [0.2, 0.25) is 0 Å². The predicted molar refractivity (Wildman–Crippen MR) is 111 cm³/mol. The van der Waals surface area contributed by atoms with Gasteiger partial charge in [0.1, 0.15) is 11.7 Å². The van der Waals surface area contributed by atoms with Gasteiger partial charge in [0.2, 0.25) is 5.91 Å². The molecule has 27 heavy (non-hydrogen) atoms. The molecule has 6 nitrogen and oxygen atoms in total. The van der Waals surface area contributed by atoms with Crippen molar-refractivity contribution >= 4 is 34.5 Å². The minimum absolute atomic E-state index is 0.220. The molecule has 2 atom stereocenters. The Morgan fingerprint density at radius 1 is 1.26 bits per heavy atom. The van der Waals surface area contributed by atoms with E-state index in [-0.39, 0.29) is 5.91 Å². The molecule has 2 aromatic carbocycles. The van der Waals surface area contributed by atoms with E-state index in [0.717, 1.165) is 14.7 Å². The van der Waals surface area contributed by atoms with Crippen LogP contribution in [0.3, 0.4) is 0 Å². The molecule has 3 N–H and O–H groups in total. The Balaban J connectivity index is 1.88. The lowest BCUT2D eigenvalue weighted by Gasteiger charge is -2.34. The molecule has 140 valence electrons. The van der Waals surface area contributed by atoms with Gasteiger partial charge in [-0.05, 0) is 46.4 Å². The van der Waals surface area contributed by atoms with E-state index in [4.69, 9.17) is 4.74 Å². The number of halogens is 1. The number of benzene rings is 2. The Labute approximate surface area is 171 Å². The topological polar surface area (TPSA) is 79.5 Å². The number of hydrogen-bond donors (Lipinski definition) is 3. The molecule has 0 radical (unpaired) electrons. The Morgan fingerprint density at radius 3 is 2.70 bits per heavy atom. The maximum Gasteiger partial charge on any atom is 0.319 e. The van der Waals surface area contributed by atoms with Crippen LogP contribution in [0, 0.1) is 9.49 Å². The predicted octanol–water partition coefficient (Wildman–Crippen LogP) is 3.10. The first kappa shape index (κ1) is 19.2. The Hall–Kier alpha value is -2.55. The summed E-state index contributed by atoms with van der Waals surface area (Å²) in [7, 11) is 1.56. The second kappa shape index (κ2) is 8.43. The van der Waals surface area contributed by atoms with Gasteiger partial charge in [0.15, 0.2) is 0 Å². The number of carbonyl (C=O) groups is 2. The normalized spacial score (nSPS) is 19.0. The molecule has 3 amide bonds. The largest absolute Gasteiger partial charge is 0.496 e. The summed E-state index contributed by atoms with van der Waals surface area (Å²) >= 11 is 2.19. The molecule has 0 saturated carbocycles. The molecule has 7 heteroatoms. The summed E-state index contributed by atoms with van der Waals surface area (Å²) in [5.41, 5.74) is 2.09. The number of urea groups is 1. The van der Waals surface area contributed by atoms with Crippen molar-refractivity contribution in [1.82, 2.24) is 16.0 Å². The molecule has 1 aliphatic heterocycles. The smallest absolute Gasteiger partial charge is 0.319 e. The average Bonchev–Trinajstić information content (AvgIpc) is 2.66. The minimum atomic E-state index is -0.668. The number of hydrogen-bond acceptors (Lipinski definition) is 3. The lowest BCUT2D eigenvalue weighted by molar-refractivity contribution is -0.125. The maximum absolute atomic E-state index is 13.0. The lowest BCUT2D eigenvalue weighted by Crippen LogP contribution is -2.53. The second-order valence-electron chi connectivity index (χ2n) is 6.17. The fourth-order valence-electron chi connectivity index (χ4n) is 3.10. The van der Waals surface area contributed by atoms with E-state index >= 15 is 0 Å². The Bertz CT molecular complexity index is 870. The van der Waals surface area contributed by atoms with Crippen molar-refractivity contribution in [2.45, 2.75) is 12.6 Å². The molecular formula is C20H20IN3O3. The molecule has 0 unspecified atom stereocenters. The number of carbonyl (C=O) groups excluding carboxylic acids is 2. The second-order valence-corrected chi connectivity index (χ2v) is 7.41. The highest BCUT2D eigenvalue weighted by atomic mass is 127. The molecule has 2 aromatic rings. The van der Waals surface area contributed by atoms with Gasteiger partial charge < -0.3 is 20.7 Å². The van der Waals surface area contributed by atoms with Gasteiger partial charge in [-0.3, -0.25) is 4.79 Å². The third-order valence-electron chi connectivity index (χ3n) is 4.39.